The number of carbonyl (C=O) groups excluding carboxylic acids is 1. The maximum atomic E-state index is 11.9. The fourth-order valence-electron chi connectivity index (χ4n) is 2.22. The zero-order valence-corrected chi connectivity index (χ0v) is 13.7. The van der Waals surface area contributed by atoms with E-state index in [0.29, 0.717) is 25.2 Å². The van der Waals surface area contributed by atoms with Gasteiger partial charge in [-0.05, 0) is 29.6 Å². The Kier molecular flexibility index (Phi) is 5.12. The summed E-state index contributed by atoms with van der Waals surface area (Å²) in [5, 5.41) is 9.10. The molecule has 7 heteroatoms. The van der Waals surface area contributed by atoms with Crippen molar-refractivity contribution in [3.63, 3.8) is 0 Å². The Labute approximate surface area is 142 Å². The summed E-state index contributed by atoms with van der Waals surface area (Å²) in [6, 6.07) is 10.7. The smallest absolute Gasteiger partial charge is 0.266 e. The lowest BCUT2D eigenvalue weighted by Gasteiger charge is -2.08. The second kappa shape index (κ2) is 7.65. The number of amides is 1. The number of hydrogen-bond acceptors (Lipinski definition) is 5. The van der Waals surface area contributed by atoms with Crippen LogP contribution in [-0.4, -0.2) is 27.2 Å². The average molecular weight is 340 g/mol. The molecule has 0 fully saturated rings. The number of nitrogens with one attached hydrogen (secondary N) is 1. The minimum Gasteiger partial charge on any atom is -0.354 e. The molecule has 24 heavy (non-hydrogen) atoms. The molecule has 3 heterocycles. The molecule has 1 N–H and O–H groups in total. The number of aromatic nitrogens is 3. The van der Waals surface area contributed by atoms with Crippen LogP contribution in [0.2, 0.25) is 0 Å². The summed E-state index contributed by atoms with van der Waals surface area (Å²) < 4.78 is 1.36. The third kappa shape index (κ3) is 4.14. The molecule has 0 saturated heterocycles. The normalized spacial score (nSPS) is 10.5. The summed E-state index contributed by atoms with van der Waals surface area (Å²) in [5.41, 5.74) is 1.39. The first-order valence-corrected chi connectivity index (χ1v) is 8.38. The first kappa shape index (κ1) is 16.1. The highest BCUT2D eigenvalue weighted by Gasteiger charge is 2.06. The van der Waals surface area contributed by atoms with Crippen LogP contribution in [0, 0.1) is 0 Å². The van der Waals surface area contributed by atoms with E-state index in [2.05, 4.69) is 15.4 Å². The Bertz CT molecular complexity index is 860. The molecule has 0 bridgehead atoms. The van der Waals surface area contributed by atoms with Gasteiger partial charge in [-0.25, -0.2) is 4.68 Å². The van der Waals surface area contributed by atoms with Crippen LogP contribution in [0.3, 0.4) is 0 Å². The molecule has 0 radical (unpaired) electrons. The molecule has 0 aromatic carbocycles. The predicted molar refractivity (Wildman–Crippen MR) is 92.8 cm³/mol. The molecule has 0 atom stereocenters. The van der Waals surface area contributed by atoms with Crippen molar-refractivity contribution in [1.29, 1.82) is 0 Å². The van der Waals surface area contributed by atoms with Crippen molar-refractivity contribution in [1.82, 2.24) is 20.1 Å². The number of carbonyl (C=O) groups is 1. The second-order valence-corrected chi connectivity index (χ2v) is 6.15. The average Bonchev–Trinajstić information content (AvgIpc) is 3.10. The van der Waals surface area contributed by atoms with Gasteiger partial charge in [-0.15, -0.1) is 11.3 Å². The standard InChI is InChI=1S/C17H16N4O2S/c22-16(12-14-2-1-11-24-14)19-9-10-21-17(23)4-3-15(20-21)13-5-7-18-8-6-13/h1-8,11H,9-10,12H2,(H,19,22). The van der Waals surface area contributed by atoms with E-state index in [-0.39, 0.29) is 11.5 Å². The van der Waals surface area contributed by atoms with E-state index < -0.39 is 0 Å². The number of nitrogens with zero attached hydrogens (tertiary/aromatic N) is 3. The van der Waals surface area contributed by atoms with Crippen LogP contribution in [-0.2, 0) is 17.8 Å². The first-order chi connectivity index (χ1) is 11.7. The summed E-state index contributed by atoms with van der Waals surface area (Å²) in [6.07, 6.45) is 3.71. The summed E-state index contributed by atoms with van der Waals surface area (Å²) >= 11 is 1.55. The Balaban J connectivity index is 1.61. The van der Waals surface area contributed by atoms with Crippen molar-refractivity contribution >= 4 is 17.2 Å². The predicted octanol–water partition coefficient (Wildman–Crippen LogP) is 1.73. The monoisotopic (exact) mass is 340 g/mol. The fourth-order valence-corrected chi connectivity index (χ4v) is 2.92. The van der Waals surface area contributed by atoms with Gasteiger partial charge >= 0.3 is 0 Å². The van der Waals surface area contributed by atoms with Gasteiger partial charge in [-0.3, -0.25) is 14.6 Å². The van der Waals surface area contributed by atoms with E-state index in [0.717, 1.165) is 10.4 Å². The summed E-state index contributed by atoms with van der Waals surface area (Å²) in [4.78, 5) is 28.8. The molecule has 1 amide bonds. The van der Waals surface area contributed by atoms with Crippen LogP contribution < -0.4 is 10.9 Å². The molecule has 3 aromatic rings. The number of hydrogen-bond donors (Lipinski definition) is 1. The maximum absolute atomic E-state index is 11.9. The van der Waals surface area contributed by atoms with E-state index in [9.17, 15) is 9.59 Å². The number of thiophene rings is 1. The third-order valence-electron chi connectivity index (χ3n) is 3.40. The Morgan fingerprint density at radius 2 is 2.00 bits per heavy atom. The van der Waals surface area contributed by atoms with Crippen molar-refractivity contribution in [3.8, 4) is 11.3 Å². The Morgan fingerprint density at radius 3 is 2.75 bits per heavy atom. The summed E-state index contributed by atoms with van der Waals surface area (Å²) in [5.74, 6) is -0.0595. The van der Waals surface area contributed by atoms with Gasteiger partial charge in [0.05, 0.1) is 18.7 Å². The quantitative estimate of drug-likeness (QED) is 0.741. The Hall–Kier alpha value is -2.80. The molecule has 0 aliphatic carbocycles. The van der Waals surface area contributed by atoms with E-state index in [1.54, 1.807) is 29.8 Å². The van der Waals surface area contributed by atoms with Crippen molar-refractivity contribution in [2.45, 2.75) is 13.0 Å². The van der Waals surface area contributed by atoms with Crippen LogP contribution >= 0.6 is 11.3 Å². The van der Waals surface area contributed by atoms with Crippen LogP contribution in [0.5, 0.6) is 0 Å². The van der Waals surface area contributed by atoms with E-state index in [1.165, 1.54) is 10.7 Å². The molecule has 122 valence electrons. The van der Waals surface area contributed by atoms with Crippen LogP contribution in [0.1, 0.15) is 4.88 Å². The second-order valence-electron chi connectivity index (χ2n) is 5.12. The minimum atomic E-state index is -0.194. The molecule has 0 saturated carbocycles. The summed E-state index contributed by atoms with van der Waals surface area (Å²) in [6.45, 7) is 0.685. The largest absolute Gasteiger partial charge is 0.354 e. The molecule has 0 aliphatic rings. The molecule has 3 rings (SSSR count). The number of pyridine rings is 1. The van der Waals surface area contributed by atoms with Crippen molar-refractivity contribution in [2.75, 3.05) is 6.54 Å². The van der Waals surface area contributed by atoms with Crippen molar-refractivity contribution in [2.24, 2.45) is 0 Å². The van der Waals surface area contributed by atoms with Crippen LogP contribution in [0.4, 0.5) is 0 Å². The lowest BCUT2D eigenvalue weighted by molar-refractivity contribution is -0.120. The van der Waals surface area contributed by atoms with E-state index in [4.69, 9.17) is 0 Å². The SMILES string of the molecule is O=C(Cc1cccs1)NCCn1nc(-c2ccncc2)ccc1=O. The highest BCUT2D eigenvalue weighted by atomic mass is 32.1. The lowest BCUT2D eigenvalue weighted by atomic mass is 10.2. The number of rotatable bonds is 6. The molecule has 0 unspecified atom stereocenters. The van der Waals surface area contributed by atoms with E-state index in [1.807, 2.05) is 29.6 Å². The topological polar surface area (TPSA) is 76.9 Å². The van der Waals surface area contributed by atoms with Gasteiger partial charge in [-0.2, -0.15) is 5.10 Å². The highest BCUT2D eigenvalue weighted by Crippen LogP contribution is 2.13. The molecule has 6 nitrogen and oxygen atoms in total. The molecular formula is C17H16N4O2S. The van der Waals surface area contributed by atoms with Gasteiger partial charge in [0.2, 0.25) is 5.91 Å². The lowest BCUT2D eigenvalue weighted by Crippen LogP contribution is -2.32. The van der Waals surface area contributed by atoms with Crippen LogP contribution in [0.25, 0.3) is 11.3 Å². The van der Waals surface area contributed by atoms with Gasteiger partial charge in [0.15, 0.2) is 0 Å². The van der Waals surface area contributed by atoms with Crippen molar-refractivity contribution in [3.05, 3.63) is 69.4 Å². The molecule has 3 aromatic heterocycles. The van der Waals surface area contributed by atoms with Gasteiger partial charge in [-0.1, -0.05) is 6.07 Å². The molecule has 0 aliphatic heterocycles. The minimum absolute atomic E-state index is 0.0595. The molecular weight excluding hydrogens is 324 g/mol. The maximum Gasteiger partial charge on any atom is 0.266 e. The van der Waals surface area contributed by atoms with E-state index >= 15 is 0 Å². The van der Waals surface area contributed by atoms with Crippen LogP contribution in [0.15, 0.2) is 59.0 Å². The zero-order valence-electron chi connectivity index (χ0n) is 12.9. The van der Waals surface area contributed by atoms with Gasteiger partial charge in [0.25, 0.3) is 5.56 Å². The Morgan fingerprint density at radius 1 is 1.17 bits per heavy atom. The summed E-state index contributed by atoms with van der Waals surface area (Å²) in [7, 11) is 0. The van der Waals surface area contributed by atoms with Gasteiger partial charge in [0, 0.05) is 35.4 Å². The fraction of sp³-hybridized carbons (Fsp3) is 0.176. The molecule has 0 spiro atoms. The first-order valence-electron chi connectivity index (χ1n) is 7.50. The van der Waals surface area contributed by atoms with Gasteiger partial charge in [0.1, 0.15) is 0 Å². The van der Waals surface area contributed by atoms with Crippen molar-refractivity contribution < 1.29 is 4.79 Å². The highest BCUT2D eigenvalue weighted by molar-refractivity contribution is 7.10. The third-order valence-corrected chi connectivity index (χ3v) is 4.28. The van der Waals surface area contributed by atoms with Gasteiger partial charge < -0.3 is 5.32 Å². The zero-order chi connectivity index (χ0) is 16.8.